The van der Waals surface area contributed by atoms with E-state index in [1.54, 1.807) is 0 Å². The molecule has 28 heavy (non-hydrogen) atoms. The standard InChI is InChI=1S/C24H36O4/c1-17(10-11-23-19(3)9-8-13-24(23,6)7)15-22(28-21(5)26)16-18(2)12-14-27-20(4)25/h10-12,15,22H,8-9,13-14,16H2,1-7H3. The van der Waals surface area contributed by atoms with Crippen molar-refractivity contribution in [3.05, 3.63) is 46.6 Å². The van der Waals surface area contributed by atoms with Crippen LogP contribution in [0.2, 0.25) is 0 Å². The minimum absolute atomic E-state index is 0.199. The molecule has 0 saturated carbocycles. The Morgan fingerprint density at radius 2 is 1.82 bits per heavy atom. The van der Waals surface area contributed by atoms with Crippen LogP contribution in [0.5, 0.6) is 0 Å². The average Bonchev–Trinajstić information content (AvgIpc) is 2.52. The number of hydrogen-bond acceptors (Lipinski definition) is 4. The Balaban J connectivity index is 2.89. The Morgan fingerprint density at radius 1 is 1.14 bits per heavy atom. The SMILES string of the molecule is CC(=O)OCC=C(C)CC(C=C(C)C=CC1=C(C)CCCC1(C)C)OC(C)=O. The van der Waals surface area contributed by atoms with Crippen LogP contribution >= 0.6 is 0 Å². The van der Waals surface area contributed by atoms with Crippen LogP contribution in [0.15, 0.2) is 46.6 Å². The maximum atomic E-state index is 11.5. The van der Waals surface area contributed by atoms with Gasteiger partial charge < -0.3 is 9.47 Å². The van der Waals surface area contributed by atoms with Crippen LogP contribution in [0.4, 0.5) is 0 Å². The second kappa shape index (κ2) is 11.0. The van der Waals surface area contributed by atoms with E-state index in [9.17, 15) is 9.59 Å². The third kappa shape index (κ3) is 8.73. The van der Waals surface area contributed by atoms with E-state index in [0.29, 0.717) is 6.42 Å². The third-order valence-corrected chi connectivity index (χ3v) is 5.06. The molecular formula is C24H36O4. The molecule has 0 aromatic carbocycles. The smallest absolute Gasteiger partial charge is 0.303 e. The van der Waals surface area contributed by atoms with Crippen LogP contribution in [0, 0.1) is 5.41 Å². The highest BCUT2D eigenvalue weighted by Crippen LogP contribution is 2.40. The normalized spacial score (nSPS) is 19.0. The monoisotopic (exact) mass is 388 g/mol. The lowest BCUT2D eigenvalue weighted by molar-refractivity contribution is -0.144. The minimum Gasteiger partial charge on any atom is -0.462 e. The molecule has 4 nitrogen and oxygen atoms in total. The highest BCUT2D eigenvalue weighted by molar-refractivity contribution is 5.66. The Kier molecular flexibility index (Phi) is 9.44. The van der Waals surface area contributed by atoms with Crippen LogP contribution in [-0.2, 0) is 19.1 Å². The minimum atomic E-state index is -0.342. The topological polar surface area (TPSA) is 52.6 Å². The number of allylic oxidation sites excluding steroid dienone is 5. The van der Waals surface area contributed by atoms with Gasteiger partial charge in [0.1, 0.15) is 12.7 Å². The van der Waals surface area contributed by atoms with E-state index in [2.05, 4.69) is 32.9 Å². The van der Waals surface area contributed by atoms with Gasteiger partial charge in [0, 0.05) is 20.3 Å². The molecule has 1 unspecified atom stereocenters. The molecule has 0 bridgehead atoms. The maximum absolute atomic E-state index is 11.5. The number of esters is 2. The zero-order valence-corrected chi connectivity index (χ0v) is 18.6. The Labute approximate surface area is 170 Å². The highest BCUT2D eigenvalue weighted by atomic mass is 16.5. The molecule has 1 aliphatic carbocycles. The summed E-state index contributed by atoms with van der Waals surface area (Å²) in [5.74, 6) is -0.616. The van der Waals surface area contributed by atoms with Crippen LogP contribution in [-0.4, -0.2) is 24.6 Å². The summed E-state index contributed by atoms with van der Waals surface area (Å²) < 4.78 is 10.4. The number of rotatable bonds is 8. The summed E-state index contributed by atoms with van der Waals surface area (Å²) in [6, 6.07) is 0. The van der Waals surface area contributed by atoms with Gasteiger partial charge in [0.2, 0.25) is 0 Å². The van der Waals surface area contributed by atoms with E-state index in [4.69, 9.17) is 9.47 Å². The summed E-state index contributed by atoms with van der Waals surface area (Å²) in [5.41, 5.74) is 5.13. The van der Waals surface area contributed by atoms with Gasteiger partial charge in [-0.05, 0) is 63.2 Å². The quantitative estimate of drug-likeness (QED) is 0.297. The molecule has 156 valence electrons. The van der Waals surface area contributed by atoms with Crippen LogP contribution in [0.25, 0.3) is 0 Å². The number of carbonyl (C=O) groups is 2. The van der Waals surface area contributed by atoms with Crippen molar-refractivity contribution in [2.24, 2.45) is 5.41 Å². The highest BCUT2D eigenvalue weighted by Gasteiger charge is 2.26. The first kappa shape index (κ1) is 23.9. The van der Waals surface area contributed by atoms with E-state index in [-0.39, 0.29) is 30.1 Å². The van der Waals surface area contributed by atoms with Gasteiger partial charge in [0.15, 0.2) is 0 Å². The lowest BCUT2D eigenvalue weighted by Crippen LogP contribution is -2.19. The van der Waals surface area contributed by atoms with E-state index < -0.39 is 0 Å². The number of hydrogen-bond donors (Lipinski definition) is 0. The number of carbonyl (C=O) groups excluding carboxylic acids is 2. The second-order valence-electron chi connectivity index (χ2n) is 8.38. The van der Waals surface area contributed by atoms with Crippen molar-refractivity contribution in [3.63, 3.8) is 0 Å². The molecule has 0 heterocycles. The third-order valence-electron chi connectivity index (χ3n) is 5.06. The van der Waals surface area contributed by atoms with Crippen LogP contribution in [0.3, 0.4) is 0 Å². The van der Waals surface area contributed by atoms with Gasteiger partial charge in [-0.3, -0.25) is 9.59 Å². The molecule has 0 fully saturated rings. The van der Waals surface area contributed by atoms with Crippen molar-refractivity contribution < 1.29 is 19.1 Å². The summed E-state index contributed by atoms with van der Waals surface area (Å²) in [6.45, 7) is 13.8. The van der Waals surface area contributed by atoms with Gasteiger partial charge in [-0.1, -0.05) is 42.7 Å². The first-order chi connectivity index (χ1) is 13.0. The van der Waals surface area contributed by atoms with Crippen molar-refractivity contribution in [2.45, 2.75) is 80.3 Å². The summed E-state index contributed by atoms with van der Waals surface area (Å²) in [5, 5.41) is 0. The molecule has 0 N–H and O–H groups in total. The lowest BCUT2D eigenvalue weighted by atomic mass is 9.72. The Bertz CT molecular complexity index is 689. The van der Waals surface area contributed by atoms with Crippen molar-refractivity contribution >= 4 is 11.9 Å². The molecular weight excluding hydrogens is 352 g/mol. The maximum Gasteiger partial charge on any atom is 0.303 e. The molecule has 4 heteroatoms. The van der Waals surface area contributed by atoms with Gasteiger partial charge in [0.25, 0.3) is 0 Å². The van der Waals surface area contributed by atoms with Crippen molar-refractivity contribution in [1.29, 1.82) is 0 Å². The van der Waals surface area contributed by atoms with E-state index in [0.717, 1.165) is 17.6 Å². The van der Waals surface area contributed by atoms with E-state index in [1.165, 1.54) is 37.8 Å². The molecule has 0 aromatic rings. The fraction of sp³-hybridized carbons (Fsp3) is 0.583. The average molecular weight is 389 g/mol. The fourth-order valence-electron chi connectivity index (χ4n) is 3.62. The molecule has 0 radical (unpaired) electrons. The predicted octanol–water partition coefficient (Wildman–Crippen LogP) is 5.85. The largest absolute Gasteiger partial charge is 0.462 e. The molecule has 0 spiro atoms. The van der Waals surface area contributed by atoms with E-state index in [1.807, 2.05) is 26.0 Å². The summed E-state index contributed by atoms with van der Waals surface area (Å²) >= 11 is 0. The first-order valence-corrected chi connectivity index (χ1v) is 10.0. The molecule has 0 aliphatic heterocycles. The van der Waals surface area contributed by atoms with Gasteiger partial charge in [-0.25, -0.2) is 0 Å². The molecule has 1 aliphatic rings. The van der Waals surface area contributed by atoms with E-state index >= 15 is 0 Å². The predicted molar refractivity (Wildman–Crippen MR) is 114 cm³/mol. The Morgan fingerprint density at radius 3 is 2.39 bits per heavy atom. The first-order valence-electron chi connectivity index (χ1n) is 10.0. The van der Waals surface area contributed by atoms with Crippen LogP contribution < -0.4 is 0 Å². The molecule has 0 saturated heterocycles. The fourth-order valence-corrected chi connectivity index (χ4v) is 3.62. The molecule has 0 aromatic heterocycles. The van der Waals surface area contributed by atoms with Gasteiger partial charge in [-0.2, -0.15) is 0 Å². The van der Waals surface area contributed by atoms with Crippen molar-refractivity contribution in [2.75, 3.05) is 6.61 Å². The van der Waals surface area contributed by atoms with Crippen molar-refractivity contribution in [1.82, 2.24) is 0 Å². The zero-order chi connectivity index (χ0) is 21.3. The molecule has 0 amide bonds. The second-order valence-corrected chi connectivity index (χ2v) is 8.38. The van der Waals surface area contributed by atoms with Crippen LogP contribution in [0.1, 0.15) is 74.1 Å². The Hall–Kier alpha value is -2.10. The van der Waals surface area contributed by atoms with Gasteiger partial charge >= 0.3 is 11.9 Å². The summed E-state index contributed by atoms with van der Waals surface area (Å²) in [7, 11) is 0. The van der Waals surface area contributed by atoms with Crippen molar-refractivity contribution in [3.8, 4) is 0 Å². The molecule has 1 atom stereocenters. The molecule has 1 rings (SSSR count). The number of ether oxygens (including phenoxy) is 2. The van der Waals surface area contributed by atoms with Gasteiger partial charge in [-0.15, -0.1) is 0 Å². The lowest BCUT2D eigenvalue weighted by Gasteiger charge is -2.33. The summed E-state index contributed by atoms with van der Waals surface area (Å²) in [4.78, 5) is 22.4. The van der Waals surface area contributed by atoms with Gasteiger partial charge in [0.05, 0.1) is 0 Å². The zero-order valence-electron chi connectivity index (χ0n) is 18.6. The summed E-state index contributed by atoms with van der Waals surface area (Å²) in [6.07, 6.45) is 12.0.